The molecule has 0 saturated heterocycles. The van der Waals surface area contributed by atoms with E-state index in [1.54, 1.807) is 0 Å². The standard InChI is InChI=1S/C20H38N2O2/c1-4-6-7-8-9-10-11-12-13-14-15-16-17-20(3,5-2)18-19(23)21-22-24-18/h18H,4-17H2,1-3H3. The fraction of sp³-hybridized carbons (Fsp3) is 0.950. The summed E-state index contributed by atoms with van der Waals surface area (Å²) in [6.07, 6.45) is 17.7. The molecule has 140 valence electrons. The molecule has 1 heterocycles. The van der Waals surface area contributed by atoms with Crippen LogP contribution in [0.5, 0.6) is 0 Å². The monoisotopic (exact) mass is 338 g/mol. The van der Waals surface area contributed by atoms with Crippen molar-refractivity contribution in [3.63, 3.8) is 0 Å². The van der Waals surface area contributed by atoms with Crippen LogP contribution in [0.3, 0.4) is 0 Å². The van der Waals surface area contributed by atoms with Crippen LogP contribution >= 0.6 is 0 Å². The number of hydrogen-bond donors (Lipinski definition) is 0. The molecular formula is C20H38N2O2. The van der Waals surface area contributed by atoms with Gasteiger partial charge < -0.3 is 4.84 Å². The summed E-state index contributed by atoms with van der Waals surface area (Å²) >= 11 is 0. The molecule has 1 aliphatic rings. The van der Waals surface area contributed by atoms with Gasteiger partial charge in [0.05, 0.1) is 0 Å². The molecule has 0 spiro atoms. The molecule has 2 atom stereocenters. The van der Waals surface area contributed by atoms with Crippen LogP contribution < -0.4 is 0 Å². The van der Waals surface area contributed by atoms with Crippen molar-refractivity contribution in [2.24, 2.45) is 15.8 Å². The van der Waals surface area contributed by atoms with Gasteiger partial charge in [-0.15, -0.1) is 0 Å². The fourth-order valence-corrected chi connectivity index (χ4v) is 3.50. The van der Waals surface area contributed by atoms with Crippen molar-refractivity contribution in [3.8, 4) is 0 Å². The maximum atomic E-state index is 11.7. The molecule has 0 saturated carbocycles. The molecule has 4 nitrogen and oxygen atoms in total. The predicted octanol–water partition coefficient (Wildman–Crippen LogP) is 6.79. The second-order valence-corrected chi connectivity index (χ2v) is 7.65. The summed E-state index contributed by atoms with van der Waals surface area (Å²) in [7, 11) is 0. The van der Waals surface area contributed by atoms with Crippen LogP contribution in [0.1, 0.15) is 111 Å². The first-order valence-electron chi connectivity index (χ1n) is 10.2. The molecule has 1 aliphatic heterocycles. The van der Waals surface area contributed by atoms with Gasteiger partial charge in [0.1, 0.15) is 0 Å². The lowest BCUT2D eigenvalue weighted by atomic mass is 9.76. The van der Waals surface area contributed by atoms with E-state index in [0.717, 1.165) is 19.3 Å². The molecule has 0 aliphatic carbocycles. The largest absolute Gasteiger partial charge is 0.365 e. The van der Waals surface area contributed by atoms with Crippen LogP contribution in [0.15, 0.2) is 10.4 Å². The van der Waals surface area contributed by atoms with E-state index in [4.69, 9.17) is 4.84 Å². The molecule has 0 aromatic rings. The third kappa shape index (κ3) is 7.76. The van der Waals surface area contributed by atoms with Gasteiger partial charge in [0.25, 0.3) is 0 Å². The molecule has 0 N–H and O–H groups in total. The third-order valence-electron chi connectivity index (χ3n) is 5.56. The number of hydrogen-bond acceptors (Lipinski definition) is 3. The van der Waals surface area contributed by atoms with E-state index in [1.165, 1.54) is 70.6 Å². The van der Waals surface area contributed by atoms with Crippen LogP contribution in [0, 0.1) is 5.41 Å². The molecule has 1 rings (SSSR count). The maximum Gasteiger partial charge on any atom is 0.311 e. The number of carbonyl (C=O) groups excluding carboxylic acids is 1. The van der Waals surface area contributed by atoms with Gasteiger partial charge in [-0.1, -0.05) is 103 Å². The normalized spacial score (nSPS) is 19.5. The zero-order chi connectivity index (χ0) is 17.7. The summed E-state index contributed by atoms with van der Waals surface area (Å²) in [6, 6.07) is 0. The lowest BCUT2D eigenvalue weighted by Crippen LogP contribution is -2.36. The van der Waals surface area contributed by atoms with E-state index >= 15 is 0 Å². The summed E-state index contributed by atoms with van der Waals surface area (Å²) in [6.45, 7) is 6.52. The summed E-state index contributed by atoms with van der Waals surface area (Å²) in [5.74, 6) is -0.210. The minimum absolute atomic E-state index is 0.126. The Balaban J connectivity index is 1.98. The number of unbranched alkanes of at least 4 members (excludes halogenated alkanes) is 11. The molecule has 2 unspecified atom stereocenters. The topological polar surface area (TPSA) is 51.0 Å². The molecule has 1 amide bonds. The average Bonchev–Trinajstić information content (AvgIpc) is 3.02. The molecule has 0 aromatic carbocycles. The Morgan fingerprint density at radius 2 is 1.38 bits per heavy atom. The smallest absolute Gasteiger partial charge is 0.311 e. The van der Waals surface area contributed by atoms with E-state index in [9.17, 15) is 4.79 Å². The molecule has 0 fully saturated rings. The Morgan fingerprint density at radius 3 is 1.79 bits per heavy atom. The van der Waals surface area contributed by atoms with Crippen molar-refractivity contribution < 1.29 is 9.63 Å². The SMILES string of the molecule is CCCCCCCCCCCCCCC(C)(CC)C1ON=NC1=O. The van der Waals surface area contributed by atoms with E-state index in [2.05, 4.69) is 31.2 Å². The van der Waals surface area contributed by atoms with Gasteiger partial charge >= 0.3 is 5.91 Å². The highest BCUT2D eigenvalue weighted by atomic mass is 16.7. The molecule has 24 heavy (non-hydrogen) atoms. The van der Waals surface area contributed by atoms with Crippen molar-refractivity contribution in [3.05, 3.63) is 0 Å². The van der Waals surface area contributed by atoms with Gasteiger partial charge in [-0.2, -0.15) is 0 Å². The lowest BCUT2D eigenvalue weighted by Gasteiger charge is -2.30. The Labute approximate surface area is 148 Å². The molecule has 0 bridgehead atoms. The average molecular weight is 339 g/mol. The highest BCUT2D eigenvalue weighted by Crippen LogP contribution is 2.37. The lowest BCUT2D eigenvalue weighted by molar-refractivity contribution is -0.131. The van der Waals surface area contributed by atoms with E-state index in [1.807, 2.05) is 0 Å². The highest BCUT2D eigenvalue weighted by molar-refractivity contribution is 5.82. The Kier molecular flexibility index (Phi) is 10.9. The van der Waals surface area contributed by atoms with E-state index < -0.39 is 6.10 Å². The van der Waals surface area contributed by atoms with Gasteiger partial charge in [0.2, 0.25) is 6.10 Å². The summed E-state index contributed by atoms with van der Waals surface area (Å²) in [4.78, 5) is 16.9. The second-order valence-electron chi connectivity index (χ2n) is 7.65. The highest BCUT2D eigenvalue weighted by Gasteiger charge is 2.42. The zero-order valence-electron chi connectivity index (χ0n) is 16.2. The Hall–Kier alpha value is -0.930. The predicted molar refractivity (Wildman–Crippen MR) is 98.8 cm³/mol. The maximum absolute atomic E-state index is 11.7. The van der Waals surface area contributed by atoms with Crippen molar-refractivity contribution in [2.75, 3.05) is 0 Å². The van der Waals surface area contributed by atoms with E-state index in [0.29, 0.717) is 0 Å². The zero-order valence-corrected chi connectivity index (χ0v) is 16.2. The van der Waals surface area contributed by atoms with Gasteiger partial charge in [0, 0.05) is 10.7 Å². The third-order valence-corrected chi connectivity index (χ3v) is 5.56. The van der Waals surface area contributed by atoms with Gasteiger partial charge in [-0.25, -0.2) is 0 Å². The van der Waals surface area contributed by atoms with Crippen LogP contribution in [-0.4, -0.2) is 12.0 Å². The quantitative estimate of drug-likeness (QED) is 0.309. The first-order valence-corrected chi connectivity index (χ1v) is 10.2. The van der Waals surface area contributed by atoms with Crippen LogP contribution in [-0.2, 0) is 9.63 Å². The Morgan fingerprint density at radius 1 is 0.875 bits per heavy atom. The first-order chi connectivity index (χ1) is 11.6. The molecule has 0 aromatic heterocycles. The van der Waals surface area contributed by atoms with Gasteiger partial charge in [0.15, 0.2) is 0 Å². The number of rotatable bonds is 15. The summed E-state index contributed by atoms with van der Waals surface area (Å²) in [5, 5.41) is 6.95. The molecular weight excluding hydrogens is 300 g/mol. The van der Waals surface area contributed by atoms with Crippen LogP contribution in [0.4, 0.5) is 0 Å². The fourth-order valence-electron chi connectivity index (χ4n) is 3.50. The van der Waals surface area contributed by atoms with Gasteiger partial charge in [-0.05, 0) is 12.8 Å². The number of carbonyl (C=O) groups is 1. The minimum atomic E-state index is -0.463. The second kappa shape index (κ2) is 12.4. The van der Waals surface area contributed by atoms with Crippen molar-refractivity contribution >= 4 is 5.91 Å². The Bertz CT molecular complexity index is 371. The van der Waals surface area contributed by atoms with Crippen molar-refractivity contribution in [1.29, 1.82) is 0 Å². The summed E-state index contributed by atoms with van der Waals surface area (Å²) in [5.41, 5.74) is -0.126. The number of amides is 1. The van der Waals surface area contributed by atoms with Crippen molar-refractivity contribution in [1.82, 2.24) is 0 Å². The van der Waals surface area contributed by atoms with Gasteiger partial charge in [-0.3, -0.25) is 4.79 Å². The number of nitrogens with zero attached hydrogens (tertiary/aromatic N) is 2. The van der Waals surface area contributed by atoms with Crippen LogP contribution in [0.25, 0.3) is 0 Å². The molecule has 4 heteroatoms. The first kappa shape index (κ1) is 21.1. The molecule has 0 radical (unpaired) electrons. The minimum Gasteiger partial charge on any atom is -0.365 e. The summed E-state index contributed by atoms with van der Waals surface area (Å²) < 4.78 is 0. The van der Waals surface area contributed by atoms with Crippen LogP contribution in [0.2, 0.25) is 0 Å². The van der Waals surface area contributed by atoms with Crippen molar-refractivity contribution in [2.45, 2.75) is 117 Å². The van der Waals surface area contributed by atoms with E-state index in [-0.39, 0.29) is 11.3 Å².